The third-order valence-corrected chi connectivity index (χ3v) is 4.27. The van der Waals surface area contributed by atoms with Gasteiger partial charge in [0.15, 0.2) is 0 Å². The predicted molar refractivity (Wildman–Crippen MR) is 92.4 cm³/mol. The third kappa shape index (κ3) is 5.06. The largest absolute Gasteiger partial charge is 0.383 e. The van der Waals surface area contributed by atoms with Gasteiger partial charge >= 0.3 is 0 Å². The molecule has 1 aromatic heterocycles. The number of rotatable bonds is 7. The number of nitrogens with zero attached hydrogens (tertiary/aromatic N) is 3. The molecule has 0 bridgehead atoms. The molecule has 6 nitrogen and oxygen atoms in total. The van der Waals surface area contributed by atoms with Gasteiger partial charge in [0.05, 0.1) is 6.61 Å². The van der Waals surface area contributed by atoms with Gasteiger partial charge in [-0.3, -0.25) is 9.69 Å². The van der Waals surface area contributed by atoms with E-state index in [0.717, 1.165) is 32.5 Å². The Bertz CT molecular complexity index is 539. The maximum Gasteiger partial charge on any atom is 0.251 e. The molecule has 23 heavy (non-hydrogen) atoms. The van der Waals surface area contributed by atoms with Crippen LogP contribution in [0.1, 0.15) is 23.2 Å². The van der Waals surface area contributed by atoms with Crippen LogP contribution in [0.5, 0.6) is 0 Å². The molecular formula is C16H25ClN4O2. The second-order valence-electron chi connectivity index (χ2n) is 5.97. The Morgan fingerprint density at radius 3 is 3.00 bits per heavy atom. The van der Waals surface area contributed by atoms with E-state index >= 15 is 0 Å². The van der Waals surface area contributed by atoms with Crippen LogP contribution in [0.4, 0.5) is 5.82 Å². The Balaban J connectivity index is 1.94. The first kappa shape index (κ1) is 18.0. The van der Waals surface area contributed by atoms with Crippen molar-refractivity contribution in [1.29, 1.82) is 0 Å². The summed E-state index contributed by atoms with van der Waals surface area (Å²) in [5.41, 5.74) is 0.537. The monoisotopic (exact) mass is 340 g/mol. The van der Waals surface area contributed by atoms with Crippen molar-refractivity contribution in [1.82, 2.24) is 15.2 Å². The average Bonchev–Trinajstić information content (AvgIpc) is 2.97. The molecule has 0 saturated carbocycles. The van der Waals surface area contributed by atoms with Crippen LogP contribution < -0.4 is 10.2 Å². The highest BCUT2D eigenvalue weighted by Crippen LogP contribution is 2.18. The lowest BCUT2D eigenvalue weighted by molar-refractivity contribution is 0.0932. The summed E-state index contributed by atoms with van der Waals surface area (Å²) in [7, 11) is 5.45. The first-order valence-electron chi connectivity index (χ1n) is 7.87. The standard InChI is InChI=1S/C16H25ClN4O2/c1-20(2)15-10-12(9-14(17)19-15)16(22)18-11-13-5-4-6-21(13)7-8-23-3/h9-10,13H,4-8,11H2,1-3H3,(H,18,22). The molecule has 0 aliphatic carbocycles. The van der Waals surface area contributed by atoms with Crippen molar-refractivity contribution in [2.45, 2.75) is 18.9 Å². The van der Waals surface area contributed by atoms with Crippen molar-refractivity contribution >= 4 is 23.3 Å². The fourth-order valence-corrected chi connectivity index (χ4v) is 2.99. The summed E-state index contributed by atoms with van der Waals surface area (Å²) < 4.78 is 5.14. The molecule has 0 aromatic carbocycles. The molecule has 1 aromatic rings. The summed E-state index contributed by atoms with van der Waals surface area (Å²) in [4.78, 5) is 20.8. The van der Waals surface area contributed by atoms with Crippen LogP contribution >= 0.6 is 11.6 Å². The predicted octanol–water partition coefficient (Wildman–Crippen LogP) is 1.64. The molecule has 1 aliphatic rings. The van der Waals surface area contributed by atoms with Crippen molar-refractivity contribution in [3.63, 3.8) is 0 Å². The second kappa shape index (κ2) is 8.47. The zero-order valence-corrected chi connectivity index (χ0v) is 14.8. The molecule has 2 heterocycles. The number of aromatic nitrogens is 1. The molecule has 1 amide bonds. The Morgan fingerprint density at radius 2 is 2.30 bits per heavy atom. The van der Waals surface area contributed by atoms with Crippen LogP contribution in [-0.4, -0.2) is 69.3 Å². The number of anilines is 1. The van der Waals surface area contributed by atoms with Gasteiger partial charge in [-0.2, -0.15) is 0 Å². The fourth-order valence-electron chi connectivity index (χ4n) is 2.79. The molecule has 1 unspecified atom stereocenters. The van der Waals surface area contributed by atoms with Crippen molar-refractivity contribution < 1.29 is 9.53 Å². The molecule has 1 fully saturated rings. The molecule has 1 saturated heterocycles. The topological polar surface area (TPSA) is 57.7 Å². The van der Waals surface area contributed by atoms with Gasteiger partial charge in [0.1, 0.15) is 11.0 Å². The van der Waals surface area contributed by atoms with E-state index in [1.54, 1.807) is 19.2 Å². The van der Waals surface area contributed by atoms with Gasteiger partial charge < -0.3 is 15.0 Å². The quantitative estimate of drug-likeness (QED) is 0.765. The van der Waals surface area contributed by atoms with E-state index in [-0.39, 0.29) is 5.91 Å². The van der Waals surface area contributed by atoms with Crippen LogP contribution in [0.2, 0.25) is 5.15 Å². The van der Waals surface area contributed by atoms with Crippen molar-refractivity contribution in [2.75, 3.05) is 52.3 Å². The van der Waals surface area contributed by atoms with E-state index in [0.29, 0.717) is 29.1 Å². The molecule has 0 spiro atoms. The van der Waals surface area contributed by atoms with Crippen LogP contribution in [-0.2, 0) is 4.74 Å². The second-order valence-corrected chi connectivity index (χ2v) is 6.35. The maximum absolute atomic E-state index is 12.4. The van der Waals surface area contributed by atoms with Crippen molar-refractivity contribution in [3.05, 3.63) is 22.8 Å². The van der Waals surface area contributed by atoms with E-state index < -0.39 is 0 Å². The average molecular weight is 341 g/mol. The molecule has 7 heteroatoms. The third-order valence-electron chi connectivity index (χ3n) is 4.08. The lowest BCUT2D eigenvalue weighted by atomic mass is 10.2. The SMILES string of the molecule is COCCN1CCCC1CNC(=O)c1cc(Cl)nc(N(C)C)c1. The number of pyridine rings is 1. The first-order valence-corrected chi connectivity index (χ1v) is 8.25. The Labute approximate surface area is 142 Å². The van der Waals surface area contributed by atoms with Crippen LogP contribution in [0, 0.1) is 0 Å². The van der Waals surface area contributed by atoms with E-state index in [2.05, 4.69) is 15.2 Å². The minimum atomic E-state index is -0.115. The van der Waals surface area contributed by atoms with Gasteiger partial charge in [-0.25, -0.2) is 4.98 Å². The molecular weight excluding hydrogens is 316 g/mol. The smallest absolute Gasteiger partial charge is 0.251 e. The Kier molecular flexibility index (Phi) is 6.62. The van der Waals surface area contributed by atoms with Crippen LogP contribution in [0.3, 0.4) is 0 Å². The molecule has 1 aliphatic heterocycles. The van der Waals surface area contributed by atoms with E-state index in [4.69, 9.17) is 16.3 Å². The highest BCUT2D eigenvalue weighted by atomic mass is 35.5. The molecule has 2 rings (SSSR count). The highest BCUT2D eigenvalue weighted by molar-refractivity contribution is 6.29. The first-order chi connectivity index (χ1) is 11.0. The molecule has 1 N–H and O–H groups in total. The fraction of sp³-hybridized carbons (Fsp3) is 0.625. The summed E-state index contributed by atoms with van der Waals surface area (Å²) in [6.45, 7) is 3.33. The van der Waals surface area contributed by atoms with Gasteiger partial charge in [0.2, 0.25) is 0 Å². The van der Waals surface area contributed by atoms with Crippen molar-refractivity contribution in [2.24, 2.45) is 0 Å². The molecule has 1 atom stereocenters. The highest BCUT2D eigenvalue weighted by Gasteiger charge is 2.24. The molecule has 128 valence electrons. The number of hydrogen-bond acceptors (Lipinski definition) is 5. The number of ether oxygens (including phenoxy) is 1. The van der Waals surface area contributed by atoms with Crippen LogP contribution in [0.25, 0.3) is 0 Å². The zero-order chi connectivity index (χ0) is 16.8. The lowest BCUT2D eigenvalue weighted by Crippen LogP contribution is -2.41. The lowest BCUT2D eigenvalue weighted by Gasteiger charge is -2.24. The summed E-state index contributed by atoms with van der Waals surface area (Å²) in [6, 6.07) is 3.72. The number of carbonyl (C=O) groups is 1. The number of hydrogen-bond donors (Lipinski definition) is 1. The number of methoxy groups -OCH3 is 1. The van der Waals surface area contributed by atoms with Gasteiger partial charge in [0, 0.05) is 45.9 Å². The summed E-state index contributed by atoms with van der Waals surface area (Å²) in [5.74, 6) is 0.557. The zero-order valence-electron chi connectivity index (χ0n) is 14.0. The van der Waals surface area contributed by atoms with Gasteiger partial charge in [0.25, 0.3) is 5.91 Å². The number of likely N-dealkylation sites (tertiary alicyclic amines) is 1. The number of nitrogens with one attached hydrogen (secondary N) is 1. The van der Waals surface area contributed by atoms with E-state index in [1.165, 1.54) is 0 Å². The van der Waals surface area contributed by atoms with E-state index in [1.807, 2.05) is 19.0 Å². The minimum Gasteiger partial charge on any atom is -0.383 e. The number of halogens is 1. The van der Waals surface area contributed by atoms with E-state index in [9.17, 15) is 4.79 Å². The number of carbonyl (C=O) groups excluding carboxylic acids is 1. The van der Waals surface area contributed by atoms with Gasteiger partial charge in [-0.05, 0) is 31.5 Å². The maximum atomic E-state index is 12.4. The summed E-state index contributed by atoms with van der Waals surface area (Å²) in [6.07, 6.45) is 2.26. The van der Waals surface area contributed by atoms with Crippen molar-refractivity contribution in [3.8, 4) is 0 Å². The summed E-state index contributed by atoms with van der Waals surface area (Å²) in [5, 5.41) is 3.34. The van der Waals surface area contributed by atoms with Gasteiger partial charge in [-0.15, -0.1) is 0 Å². The summed E-state index contributed by atoms with van der Waals surface area (Å²) >= 11 is 6.01. The number of amides is 1. The van der Waals surface area contributed by atoms with Gasteiger partial charge in [-0.1, -0.05) is 11.6 Å². The minimum absolute atomic E-state index is 0.115. The normalized spacial score (nSPS) is 18.2. The Morgan fingerprint density at radius 1 is 1.52 bits per heavy atom. The van der Waals surface area contributed by atoms with Crippen LogP contribution in [0.15, 0.2) is 12.1 Å². The molecule has 0 radical (unpaired) electrons. The Hall–Kier alpha value is -1.37.